The van der Waals surface area contributed by atoms with Crippen LogP contribution in [0.1, 0.15) is 35.5 Å². The van der Waals surface area contributed by atoms with Crippen molar-refractivity contribution in [3.05, 3.63) is 81.7 Å². The lowest BCUT2D eigenvalue weighted by Gasteiger charge is -2.38. The van der Waals surface area contributed by atoms with Crippen LogP contribution in [-0.4, -0.2) is 29.9 Å². The first-order valence-corrected chi connectivity index (χ1v) is 10.1. The number of nitrogens with one attached hydrogen (secondary N) is 1. The summed E-state index contributed by atoms with van der Waals surface area (Å²) in [7, 11) is 0. The molecule has 0 bridgehead atoms. The van der Waals surface area contributed by atoms with E-state index in [1.54, 1.807) is 24.3 Å². The van der Waals surface area contributed by atoms with E-state index in [0.717, 1.165) is 19.5 Å². The Bertz CT molecular complexity index is 1090. The molecule has 1 aliphatic rings. The van der Waals surface area contributed by atoms with Crippen molar-refractivity contribution in [3.8, 4) is 0 Å². The molecule has 0 unspecified atom stereocenters. The van der Waals surface area contributed by atoms with Gasteiger partial charge in [0.1, 0.15) is 5.58 Å². The van der Waals surface area contributed by atoms with Gasteiger partial charge in [-0.05, 0) is 35.6 Å². The van der Waals surface area contributed by atoms with Crippen LogP contribution in [0.15, 0.2) is 63.8 Å². The zero-order chi connectivity index (χ0) is 20.4. The van der Waals surface area contributed by atoms with Crippen LogP contribution in [0.5, 0.6) is 0 Å². The summed E-state index contributed by atoms with van der Waals surface area (Å²) in [6.45, 7) is 6.72. The predicted molar refractivity (Wildman–Crippen MR) is 114 cm³/mol. The lowest BCUT2D eigenvalue weighted by atomic mass is 9.95. The second kappa shape index (κ2) is 8.21. The quantitative estimate of drug-likeness (QED) is 0.723. The van der Waals surface area contributed by atoms with Gasteiger partial charge in [-0.3, -0.25) is 14.5 Å². The first kappa shape index (κ1) is 19.4. The van der Waals surface area contributed by atoms with Crippen LogP contribution in [-0.2, 0) is 13.0 Å². The van der Waals surface area contributed by atoms with Crippen molar-refractivity contribution in [1.82, 2.24) is 10.2 Å². The van der Waals surface area contributed by atoms with Gasteiger partial charge in [0.2, 0.25) is 0 Å². The first-order valence-electron chi connectivity index (χ1n) is 10.1. The summed E-state index contributed by atoms with van der Waals surface area (Å²) in [5.74, 6) is 0.0836. The van der Waals surface area contributed by atoms with Crippen LogP contribution in [0.25, 0.3) is 11.0 Å². The van der Waals surface area contributed by atoms with Crippen LogP contribution >= 0.6 is 0 Å². The fourth-order valence-electron chi connectivity index (χ4n) is 4.09. The highest BCUT2D eigenvalue weighted by atomic mass is 16.3. The highest BCUT2D eigenvalue weighted by Gasteiger charge is 2.26. The summed E-state index contributed by atoms with van der Waals surface area (Å²) in [6, 6.07) is 17.0. The molecule has 3 aromatic rings. The van der Waals surface area contributed by atoms with Gasteiger partial charge in [-0.2, -0.15) is 0 Å². The predicted octanol–water partition coefficient (Wildman–Crippen LogP) is 3.61. The summed E-state index contributed by atoms with van der Waals surface area (Å²) in [5.41, 5.74) is 2.99. The summed E-state index contributed by atoms with van der Waals surface area (Å²) in [6.07, 6.45) is 1.02. The molecule has 5 nitrogen and oxygen atoms in total. The highest BCUT2D eigenvalue weighted by Crippen LogP contribution is 2.23. The maximum absolute atomic E-state index is 12.7. The second-order valence-electron chi connectivity index (χ2n) is 7.98. The Morgan fingerprint density at radius 2 is 1.83 bits per heavy atom. The van der Waals surface area contributed by atoms with E-state index < -0.39 is 0 Å². The number of nitrogens with zero attached hydrogens (tertiary/aromatic N) is 1. The van der Waals surface area contributed by atoms with Crippen LogP contribution in [0.2, 0.25) is 0 Å². The van der Waals surface area contributed by atoms with Crippen molar-refractivity contribution >= 4 is 16.9 Å². The molecule has 0 saturated heterocycles. The fourth-order valence-corrected chi connectivity index (χ4v) is 4.09. The van der Waals surface area contributed by atoms with Crippen molar-refractivity contribution in [2.45, 2.75) is 32.9 Å². The number of rotatable bonds is 5. The van der Waals surface area contributed by atoms with Gasteiger partial charge in [0.15, 0.2) is 11.2 Å². The van der Waals surface area contributed by atoms with Gasteiger partial charge in [0, 0.05) is 31.7 Å². The zero-order valence-electron chi connectivity index (χ0n) is 16.9. The fraction of sp³-hybridized carbons (Fsp3) is 0.333. The molecule has 0 aliphatic carbocycles. The van der Waals surface area contributed by atoms with E-state index in [9.17, 15) is 9.59 Å². The normalized spacial score (nSPS) is 15.3. The molecule has 1 aliphatic heterocycles. The largest absolute Gasteiger partial charge is 0.451 e. The molecule has 150 valence electrons. The van der Waals surface area contributed by atoms with Gasteiger partial charge in [-0.1, -0.05) is 50.2 Å². The smallest absolute Gasteiger partial charge is 0.287 e. The molecule has 0 fully saturated rings. The third-order valence-electron chi connectivity index (χ3n) is 5.73. The van der Waals surface area contributed by atoms with Crippen molar-refractivity contribution in [2.75, 3.05) is 13.1 Å². The average Bonchev–Trinajstić information content (AvgIpc) is 2.73. The second-order valence-corrected chi connectivity index (χ2v) is 7.98. The Kier molecular flexibility index (Phi) is 5.49. The van der Waals surface area contributed by atoms with E-state index >= 15 is 0 Å². The van der Waals surface area contributed by atoms with Crippen molar-refractivity contribution in [3.63, 3.8) is 0 Å². The zero-order valence-corrected chi connectivity index (χ0v) is 16.9. The van der Waals surface area contributed by atoms with E-state index in [1.165, 1.54) is 17.2 Å². The number of para-hydroxylation sites is 1. The molecule has 1 atom stereocenters. The number of benzene rings is 2. The minimum Gasteiger partial charge on any atom is -0.451 e. The van der Waals surface area contributed by atoms with Crippen molar-refractivity contribution in [2.24, 2.45) is 5.92 Å². The van der Waals surface area contributed by atoms with Crippen LogP contribution in [0, 0.1) is 5.92 Å². The number of hydrogen-bond acceptors (Lipinski definition) is 4. The van der Waals surface area contributed by atoms with Crippen LogP contribution < -0.4 is 10.7 Å². The summed E-state index contributed by atoms with van der Waals surface area (Å²) in [5, 5.41) is 3.46. The molecule has 2 heterocycles. The van der Waals surface area contributed by atoms with Gasteiger partial charge in [0.05, 0.1) is 5.39 Å². The van der Waals surface area contributed by atoms with Gasteiger partial charge in [0.25, 0.3) is 5.91 Å². The molecule has 29 heavy (non-hydrogen) atoms. The van der Waals surface area contributed by atoms with Gasteiger partial charge < -0.3 is 9.73 Å². The van der Waals surface area contributed by atoms with Gasteiger partial charge in [-0.25, -0.2) is 0 Å². The molecule has 2 aromatic carbocycles. The first-order chi connectivity index (χ1) is 14.0. The molecule has 1 N–H and O–H groups in total. The number of fused-ring (bicyclic) bond motifs is 2. The van der Waals surface area contributed by atoms with Gasteiger partial charge >= 0.3 is 0 Å². The molecular weight excluding hydrogens is 364 g/mol. The Morgan fingerprint density at radius 1 is 1.10 bits per heavy atom. The Morgan fingerprint density at radius 3 is 2.62 bits per heavy atom. The van der Waals surface area contributed by atoms with Crippen LogP contribution in [0.4, 0.5) is 0 Å². The summed E-state index contributed by atoms with van der Waals surface area (Å²) in [4.78, 5) is 27.4. The van der Waals surface area contributed by atoms with E-state index in [1.807, 2.05) is 0 Å². The maximum atomic E-state index is 12.7. The Labute approximate surface area is 170 Å². The standard InChI is InChI=1S/C24H26N2O3/c1-16(2)20(26-12-11-17-7-3-4-8-18(17)15-26)14-25-24(28)23-13-21(27)19-9-5-6-10-22(19)29-23/h3-10,13,16,20H,11-12,14-15H2,1-2H3,(H,25,28)/t20-/m0/s1. The van der Waals surface area contributed by atoms with E-state index in [2.05, 4.69) is 48.3 Å². The molecule has 1 aromatic heterocycles. The maximum Gasteiger partial charge on any atom is 0.287 e. The summed E-state index contributed by atoms with van der Waals surface area (Å²) >= 11 is 0. The topological polar surface area (TPSA) is 62.6 Å². The van der Waals surface area contributed by atoms with E-state index in [-0.39, 0.29) is 23.1 Å². The van der Waals surface area contributed by atoms with Crippen molar-refractivity contribution in [1.29, 1.82) is 0 Å². The molecule has 0 saturated carbocycles. The highest BCUT2D eigenvalue weighted by molar-refractivity contribution is 5.93. The Balaban J connectivity index is 1.48. The SMILES string of the molecule is CC(C)[C@H](CNC(=O)c1cc(=O)c2ccccc2o1)N1CCc2ccccc2C1. The number of hydrogen-bond donors (Lipinski definition) is 1. The molecule has 0 radical (unpaired) electrons. The number of carbonyl (C=O) groups excluding carboxylic acids is 1. The molecule has 1 amide bonds. The Hall–Kier alpha value is -2.92. The van der Waals surface area contributed by atoms with E-state index in [4.69, 9.17) is 4.42 Å². The minimum atomic E-state index is -0.351. The lowest BCUT2D eigenvalue weighted by molar-refractivity contribution is 0.0878. The van der Waals surface area contributed by atoms with Crippen LogP contribution in [0.3, 0.4) is 0 Å². The molecular formula is C24H26N2O3. The third kappa shape index (κ3) is 4.10. The molecule has 0 spiro atoms. The lowest BCUT2D eigenvalue weighted by Crippen LogP contribution is -2.48. The number of amides is 1. The molecule has 5 heteroatoms. The monoisotopic (exact) mass is 390 g/mol. The van der Waals surface area contributed by atoms with Gasteiger partial charge in [-0.15, -0.1) is 0 Å². The van der Waals surface area contributed by atoms with Crippen molar-refractivity contribution < 1.29 is 9.21 Å². The summed E-state index contributed by atoms with van der Waals surface area (Å²) < 4.78 is 5.66. The third-order valence-corrected chi connectivity index (χ3v) is 5.73. The number of carbonyl (C=O) groups is 1. The van der Waals surface area contributed by atoms with E-state index in [0.29, 0.717) is 23.4 Å². The minimum absolute atomic E-state index is 0.0557. The average molecular weight is 390 g/mol. The molecule has 4 rings (SSSR count).